The second-order valence-corrected chi connectivity index (χ2v) is 16.8. The van der Waals surface area contributed by atoms with Gasteiger partial charge in [0.25, 0.3) is 0 Å². The number of aliphatic hydroxyl groups excluding tert-OH is 1. The first-order valence-electron chi connectivity index (χ1n) is 20.4. The third-order valence-electron chi connectivity index (χ3n) is 12.9. The van der Waals surface area contributed by atoms with Crippen molar-refractivity contribution in [3.63, 3.8) is 0 Å². The van der Waals surface area contributed by atoms with Crippen LogP contribution in [0, 0.1) is 12.8 Å². The standard InChI is InChI=1S/C44H45F6N5O6/c1-22-25(27-8-5-9-29-28(27)11-13-35(29)60-41-38(44(48,49)50)51-33(40(53-41)59-3)21-54-16-15-24(56)20-54)6-4-7-26(22)39-52-32-18-31-30(36(37(32)61-39)43(45,46)47)10-12-34(31)55-17-14-23(19-55)42(2,57)58/h4-9,18,23-24,34-35,56-58H,10-17,19-21H2,1-3H3/t23-,24-,34-,35+/m1/s1. The molecule has 2 saturated heterocycles. The molecular formula is C44H45F6N5O6. The number of aromatic nitrogens is 3. The third-order valence-corrected chi connectivity index (χ3v) is 12.9. The molecule has 4 aliphatic rings. The number of halogens is 6. The highest BCUT2D eigenvalue weighted by Gasteiger charge is 2.46. The van der Waals surface area contributed by atoms with Crippen molar-refractivity contribution in [1.29, 1.82) is 0 Å². The minimum Gasteiger partial charge on any atom is -0.480 e. The number of alkyl halides is 6. The molecule has 2 aromatic heterocycles. The van der Waals surface area contributed by atoms with Gasteiger partial charge >= 0.3 is 12.4 Å². The van der Waals surface area contributed by atoms with Crippen LogP contribution in [0.3, 0.4) is 0 Å². The summed E-state index contributed by atoms with van der Waals surface area (Å²) in [6.07, 6.45) is -8.54. The van der Waals surface area contributed by atoms with Gasteiger partial charge in [-0.2, -0.15) is 31.3 Å². The van der Waals surface area contributed by atoms with Crippen LogP contribution in [0.15, 0.2) is 46.9 Å². The Hall–Kier alpha value is -4.81. The zero-order chi connectivity index (χ0) is 43.2. The van der Waals surface area contributed by atoms with E-state index in [1.807, 2.05) is 24.0 Å². The van der Waals surface area contributed by atoms with Gasteiger partial charge in [0.1, 0.15) is 22.9 Å². The minimum absolute atomic E-state index is 0.0111. The maximum absolute atomic E-state index is 14.9. The molecule has 9 rings (SSSR count). The van der Waals surface area contributed by atoms with E-state index in [2.05, 4.69) is 15.0 Å². The number of oxazole rings is 1. The molecule has 3 N–H and O–H groups in total. The highest BCUT2D eigenvalue weighted by atomic mass is 19.4. The summed E-state index contributed by atoms with van der Waals surface area (Å²) in [6, 6.07) is 12.2. The van der Waals surface area contributed by atoms with Crippen LogP contribution in [0.5, 0.6) is 11.8 Å². The van der Waals surface area contributed by atoms with Crippen LogP contribution in [0.4, 0.5) is 26.3 Å². The lowest BCUT2D eigenvalue weighted by Crippen LogP contribution is -2.36. The summed E-state index contributed by atoms with van der Waals surface area (Å²) in [5.41, 5.74) is 2.48. The Kier molecular flexibility index (Phi) is 10.4. The van der Waals surface area contributed by atoms with Gasteiger partial charge in [-0.3, -0.25) is 9.80 Å². The van der Waals surface area contributed by atoms with Crippen molar-refractivity contribution in [2.24, 2.45) is 5.92 Å². The zero-order valence-electron chi connectivity index (χ0n) is 33.7. The predicted molar refractivity (Wildman–Crippen MR) is 209 cm³/mol. The number of hydrogen-bond donors (Lipinski definition) is 3. The van der Waals surface area contributed by atoms with Gasteiger partial charge in [0.05, 0.1) is 13.2 Å². The Morgan fingerprint density at radius 3 is 2.25 bits per heavy atom. The van der Waals surface area contributed by atoms with E-state index < -0.39 is 53.4 Å². The Morgan fingerprint density at radius 2 is 1.56 bits per heavy atom. The van der Waals surface area contributed by atoms with Crippen molar-refractivity contribution < 1.29 is 55.6 Å². The average molecular weight is 854 g/mol. The molecule has 11 nitrogen and oxygen atoms in total. The maximum atomic E-state index is 14.9. The van der Waals surface area contributed by atoms with E-state index in [0.717, 1.165) is 16.7 Å². The lowest BCUT2D eigenvalue weighted by molar-refractivity contribution is -0.181. The van der Waals surface area contributed by atoms with Crippen molar-refractivity contribution in [2.45, 2.75) is 95.3 Å². The van der Waals surface area contributed by atoms with Gasteiger partial charge in [0.15, 0.2) is 11.4 Å². The summed E-state index contributed by atoms with van der Waals surface area (Å²) >= 11 is 0. The van der Waals surface area contributed by atoms with Crippen molar-refractivity contribution in [3.8, 4) is 34.3 Å². The second kappa shape index (κ2) is 15.2. The molecule has 0 spiro atoms. The van der Waals surface area contributed by atoms with E-state index in [-0.39, 0.29) is 53.1 Å². The third kappa shape index (κ3) is 7.62. The summed E-state index contributed by atoms with van der Waals surface area (Å²) < 4.78 is 106. The largest absolute Gasteiger partial charge is 0.480 e. The van der Waals surface area contributed by atoms with Crippen LogP contribution in [0.1, 0.15) is 89.5 Å². The Morgan fingerprint density at radius 1 is 0.820 bits per heavy atom. The molecular weight excluding hydrogens is 809 g/mol. The molecule has 0 unspecified atom stereocenters. The highest BCUT2D eigenvalue weighted by Crippen LogP contribution is 2.50. The van der Waals surface area contributed by atoms with Gasteiger partial charge in [0, 0.05) is 43.7 Å². The van der Waals surface area contributed by atoms with Gasteiger partial charge in [-0.05, 0) is 110 Å². The number of ether oxygens (including phenoxy) is 2. The summed E-state index contributed by atoms with van der Waals surface area (Å²) in [7, 11) is 1.30. The summed E-state index contributed by atoms with van der Waals surface area (Å²) in [6.45, 7) is 4.81. The van der Waals surface area contributed by atoms with Gasteiger partial charge in [-0.25, -0.2) is 9.97 Å². The topological polar surface area (TPSA) is 137 Å². The van der Waals surface area contributed by atoms with E-state index in [4.69, 9.17) is 13.9 Å². The number of benzene rings is 3. The maximum Gasteiger partial charge on any atom is 0.438 e. The van der Waals surface area contributed by atoms with E-state index in [1.54, 1.807) is 35.2 Å². The summed E-state index contributed by atoms with van der Waals surface area (Å²) in [5, 5.41) is 30.3. The number of β-amino-alcohol motifs (C(OH)–C–C–N with tert-alkyl or cyclic N) is 1. The predicted octanol–water partition coefficient (Wildman–Crippen LogP) is 7.95. The number of fused-ring (bicyclic) bond motifs is 3. The number of aliphatic hydroxyl groups is 3. The molecule has 2 aliphatic carbocycles. The molecule has 61 heavy (non-hydrogen) atoms. The SMILES string of the molecule is COc1nc(O[C@H]2CCc3c(-c4cccc(-c5nc6cc7c(c(C(F)(F)F)c6o5)CC[C@H]7N5CC[C@@H](C(C)(O)O)C5)c4C)cccc32)c(C(F)(F)F)nc1CN1CC[C@@H](O)C1. The molecule has 4 atom stereocenters. The van der Waals surface area contributed by atoms with Gasteiger partial charge in [0.2, 0.25) is 23.3 Å². The van der Waals surface area contributed by atoms with Crippen molar-refractivity contribution >= 4 is 11.1 Å². The minimum atomic E-state index is -4.89. The van der Waals surface area contributed by atoms with Crippen LogP contribution < -0.4 is 9.47 Å². The lowest BCUT2D eigenvalue weighted by Gasteiger charge is -2.28. The fraction of sp³-hybridized carbons (Fsp3) is 0.477. The Bertz CT molecular complexity index is 2500. The molecule has 17 heteroatoms. The highest BCUT2D eigenvalue weighted by molar-refractivity contribution is 5.85. The van der Waals surface area contributed by atoms with E-state index in [9.17, 15) is 41.7 Å². The molecule has 3 aromatic carbocycles. The quantitative estimate of drug-likeness (QED) is 0.0985. The zero-order valence-corrected chi connectivity index (χ0v) is 33.7. The van der Waals surface area contributed by atoms with Crippen LogP contribution >= 0.6 is 0 Å². The Labute approximate surface area is 347 Å². The number of hydrogen-bond acceptors (Lipinski definition) is 11. The van der Waals surface area contributed by atoms with Crippen LogP contribution in [-0.2, 0) is 31.7 Å². The molecule has 0 bridgehead atoms. The van der Waals surface area contributed by atoms with Gasteiger partial charge in [-0.15, -0.1) is 0 Å². The van der Waals surface area contributed by atoms with Crippen molar-refractivity contribution in [2.75, 3.05) is 33.3 Å². The Balaban J connectivity index is 1.04. The van der Waals surface area contributed by atoms with E-state index >= 15 is 0 Å². The monoisotopic (exact) mass is 853 g/mol. The first kappa shape index (κ1) is 41.5. The van der Waals surface area contributed by atoms with Crippen LogP contribution in [0.2, 0.25) is 0 Å². The van der Waals surface area contributed by atoms with Crippen molar-refractivity contribution in [1.82, 2.24) is 24.8 Å². The fourth-order valence-corrected chi connectivity index (χ4v) is 9.87. The molecule has 2 fully saturated rings. The fourth-order valence-electron chi connectivity index (χ4n) is 9.87. The van der Waals surface area contributed by atoms with E-state index in [1.165, 1.54) is 14.0 Å². The molecule has 4 heterocycles. The normalized spacial score (nSPS) is 22.4. The first-order chi connectivity index (χ1) is 28.9. The molecule has 0 saturated carbocycles. The van der Waals surface area contributed by atoms with Gasteiger partial charge < -0.3 is 29.2 Å². The summed E-state index contributed by atoms with van der Waals surface area (Å²) in [5.74, 6) is -3.11. The average Bonchev–Trinajstić information content (AvgIpc) is 4.04. The first-order valence-corrected chi connectivity index (χ1v) is 20.4. The molecule has 2 aliphatic heterocycles. The molecule has 0 radical (unpaired) electrons. The number of likely N-dealkylation sites (tertiary alicyclic amines) is 2. The number of nitrogens with zero attached hydrogens (tertiary/aromatic N) is 5. The molecule has 5 aromatic rings. The molecule has 0 amide bonds. The second-order valence-electron chi connectivity index (χ2n) is 16.8. The number of rotatable bonds is 9. The summed E-state index contributed by atoms with van der Waals surface area (Å²) in [4.78, 5) is 16.6. The molecule has 324 valence electrons. The van der Waals surface area contributed by atoms with Gasteiger partial charge in [-0.1, -0.05) is 30.3 Å². The smallest absolute Gasteiger partial charge is 0.438 e. The number of methoxy groups -OCH3 is 1. The van der Waals surface area contributed by atoms with Crippen LogP contribution in [0.25, 0.3) is 33.7 Å². The lowest BCUT2D eigenvalue weighted by atomic mass is 9.91. The van der Waals surface area contributed by atoms with Crippen LogP contribution in [-0.4, -0.2) is 85.3 Å². The van der Waals surface area contributed by atoms with Crippen molar-refractivity contribution in [3.05, 3.63) is 87.2 Å². The van der Waals surface area contributed by atoms with E-state index in [0.29, 0.717) is 80.5 Å².